The van der Waals surface area contributed by atoms with Gasteiger partial charge in [0.05, 0.1) is 0 Å². The Bertz CT molecular complexity index is 147. The van der Waals surface area contributed by atoms with Crippen molar-refractivity contribution in [3.05, 3.63) is 0 Å². The second-order valence-electron chi connectivity index (χ2n) is 4.10. The van der Waals surface area contributed by atoms with Crippen LogP contribution in [0.4, 0.5) is 0 Å². The predicted octanol–water partition coefficient (Wildman–Crippen LogP) is 1.14. The molecule has 3 fully saturated rings. The second-order valence-corrected chi connectivity index (χ2v) is 4.10. The molecule has 3 aliphatic carbocycles. The van der Waals surface area contributed by atoms with Gasteiger partial charge in [-0.2, -0.15) is 0 Å². The fourth-order valence-corrected chi connectivity index (χ4v) is 3.25. The van der Waals surface area contributed by atoms with Crippen LogP contribution in [0.15, 0.2) is 0 Å². The van der Waals surface area contributed by atoms with Crippen LogP contribution < -0.4 is 5.73 Å². The van der Waals surface area contributed by atoms with Crippen LogP contribution >= 0.6 is 0 Å². The second kappa shape index (κ2) is 0.968. The maximum absolute atomic E-state index is 5.67. The predicted molar refractivity (Wildman–Crippen MR) is 35.9 cm³/mol. The Labute approximate surface area is 55.6 Å². The Morgan fingerprint density at radius 3 is 1.67 bits per heavy atom. The zero-order valence-electron chi connectivity index (χ0n) is 5.69. The van der Waals surface area contributed by atoms with Crippen molar-refractivity contribution < 1.29 is 0 Å². The first-order valence-electron chi connectivity index (χ1n) is 4.06. The van der Waals surface area contributed by atoms with Crippen LogP contribution in [0.3, 0.4) is 0 Å². The van der Waals surface area contributed by atoms with Crippen LogP contribution in [-0.2, 0) is 0 Å². The summed E-state index contributed by atoms with van der Waals surface area (Å²) in [5.41, 5.74) is 7.36. The molecule has 0 heterocycles. The molecule has 3 aliphatic rings. The summed E-state index contributed by atoms with van der Waals surface area (Å²) in [7, 11) is 0. The van der Waals surface area contributed by atoms with Gasteiger partial charge >= 0.3 is 0 Å². The minimum atomic E-state index is 0.849. The molecule has 0 atom stereocenters. The van der Waals surface area contributed by atoms with Gasteiger partial charge in [-0.3, -0.25) is 0 Å². The molecule has 3 rings (SSSR count). The van der Waals surface area contributed by atoms with Gasteiger partial charge < -0.3 is 5.73 Å². The molecule has 0 bridgehead atoms. The van der Waals surface area contributed by atoms with Crippen LogP contribution in [0.1, 0.15) is 25.7 Å². The fourth-order valence-electron chi connectivity index (χ4n) is 3.25. The lowest BCUT2D eigenvalue weighted by atomic mass is 10.3. The Balaban J connectivity index is 1.93. The Kier molecular flexibility index (Phi) is 0.508. The first-order valence-corrected chi connectivity index (χ1v) is 4.06. The zero-order chi connectivity index (χ0) is 6.11. The average molecular weight is 123 g/mol. The standard InChI is InChI=1S/C8H13N/c9-5-6-7(1-2-7)8(6)3-4-8/h6H,1-5,9H2. The van der Waals surface area contributed by atoms with E-state index in [4.69, 9.17) is 5.73 Å². The van der Waals surface area contributed by atoms with Gasteiger partial charge in [0, 0.05) is 0 Å². The summed E-state index contributed by atoms with van der Waals surface area (Å²) in [6.45, 7) is 0.972. The van der Waals surface area contributed by atoms with Gasteiger partial charge in [-0.1, -0.05) is 0 Å². The number of rotatable bonds is 1. The van der Waals surface area contributed by atoms with Crippen LogP contribution in [0.2, 0.25) is 0 Å². The van der Waals surface area contributed by atoms with E-state index < -0.39 is 0 Å². The molecule has 0 amide bonds. The normalized spacial score (nSPS) is 45.7. The fraction of sp³-hybridized carbons (Fsp3) is 1.00. The molecule has 3 saturated carbocycles. The molecular formula is C8H13N. The molecule has 0 aromatic heterocycles. The molecule has 0 saturated heterocycles. The van der Waals surface area contributed by atoms with Crippen molar-refractivity contribution in [1.29, 1.82) is 0 Å². The molecule has 2 N–H and O–H groups in total. The average Bonchev–Trinajstić information content (AvgIpc) is 2.56. The molecule has 0 aliphatic heterocycles. The Morgan fingerprint density at radius 2 is 1.56 bits per heavy atom. The molecule has 0 radical (unpaired) electrons. The lowest BCUT2D eigenvalue weighted by molar-refractivity contribution is 0.716. The third-order valence-electron chi connectivity index (χ3n) is 4.06. The van der Waals surface area contributed by atoms with Gasteiger partial charge in [0.1, 0.15) is 0 Å². The van der Waals surface area contributed by atoms with Gasteiger partial charge in [0.25, 0.3) is 0 Å². The molecule has 1 nitrogen and oxygen atoms in total. The summed E-state index contributed by atoms with van der Waals surface area (Å²) in [6, 6.07) is 0. The number of nitrogens with two attached hydrogens (primary N) is 1. The van der Waals surface area contributed by atoms with Gasteiger partial charge in [-0.15, -0.1) is 0 Å². The van der Waals surface area contributed by atoms with Crippen molar-refractivity contribution in [2.75, 3.05) is 6.54 Å². The van der Waals surface area contributed by atoms with Crippen molar-refractivity contribution in [1.82, 2.24) is 0 Å². The minimum Gasteiger partial charge on any atom is -0.330 e. The van der Waals surface area contributed by atoms with Gasteiger partial charge in [0.2, 0.25) is 0 Å². The highest BCUT2D eigenvalue weighted by Crippen LogP contribution is 2.92. The summed E-state index contributed by atoms with van der Waals surface area (Å²) in [5.74, 6) is 0.963. The summed E-state index contributed by atoms with van der Waals surface area (Å²) in [4.78, 5) is 0. The van der Waals surface area contributed by atoms with E-state index in [0.29, 0.717) is 0 Å². The van der Waals surface area contributed by atoms with Crippen molar-refractivity contribution in [3.8, 4) is 0 Å². The van der Waals surface area contributed by atoms with E-state index >= 15 is 0 Å². The van der Waals surface area contributed by atoms with E-state index in [1.54, 1.807) is 0 Å². The zero-order valence-corrected chi connectivity index (χ0v) is 5.69. The Morgan fingerprint density at radius 1 is 1.11 bits per heavy atom. The monoisotopic (exact) mass is 123 g/mol. The summed E-state index contributed by atoms with van der Waals surface area (Å²) in [5, 5.41) is 0. The van der Waals surface area contributed by atoms with Crippen molar-refractivity contribution in [2.45, 2.75) is 25.7 Å². The Hall–Kier alpha value is -0.0400. The lowest BCUT2D eigenvalue weighted by Crippen LogP contribution is -2.03. The highest BCUT2D eigenvalue weighted by Gasteiger charge is 2.85. The highest BCUT2D eigenvalue weighted by atomic mass is 14.9. The molecule has 50 valence electrons. The molecular weight excluding hydrogens is 110 g/mol. The first-order chi connectivity index (χ1) is 4.36. The minimum absolute atomic E-state index is 0.849. The highest BCUT2D eigenvalue weighted by molar-refractivity contribution is 5.34. The van der Waals surface area contributed by atoms with E-state index in [0.717, 1.165) is 23.3 Å². The van der Waals surface area contributed by atoms with E-state index in [2.05, 4.69) is 0 Å². The number of fused-ring (bicyclic) bond motifs is 1. The van der Waals surface area contributed by atoms with E-state index in [-0.39, 0.29) is 0 Å². The molecule has 0 aromatic carbocycles. The number of hydrogen-bond acceptors (Lipinski definition) is 1. The smallest absolute Gasteiger partial charge is 0.00378 e. The van der Waals surface area contributed by atoms with E-state index in [9.17, 15) is 0 Å². The van der Waals surface area contributed by atoms with Crippen LogP contribution in [0.25, 0.3) is 0 Å². The van der Waals surface area contributed by atoms with Gasteiger partial charge in [0.15, 0.2) is 0 Å². The summed E-state index contributed by atoms with van der Waals surface area (Å²) >= 11 is 0. The van der Waals surface area contributed by atoms with Crippen LogP contribution in [0, 0.1) is 16.7 Å². The van der Waals surface area contributed by atoms with Crippen molar-refractivity contribution in [2.24, 2.45) is 22.5 Å². The summed E-state index contributed by atoms with van der Waals surface area (Å²) in [6.07, 6.45) is 6.04. The molecule has 2 spiro atoms. The van der Waals surface area contributed by atoms with Crippen LogP contribution in [-0.4, -0.2) is 6.54 Å². The molecule has 9 heavy (non-hydrogen) atoms. The third-order valence-corrected chi connectivity index (χ3v) is 4.06. The maximum atomic E-state index is 5.67. The van der Waals surface area contributed by atoms with Crippen molar-refractivity contribution in [3.63, 3.8) is 0 Å². The van der Waals surface area contributed by atoms with Crippen molar-refractivity contribution >= 4 is 0 Å². The molecule has 0 unspecified atom stereocenters. The largest absolute Gasteiger partial charge is 0.330 e. The van der Waals surface area contributed by atoms with E-state index in [1.807, 2.05) is 0 Å². The third kappa shape index (κ3) is 0.295. The summed E-state index contributed by atoms with van der Waals surface area (Å²) < 4.78 is 0. The topological polar surface area (TPSA) is 26.0 Å². The van der Waals surface area contributed by atoms with Gasteiger partial charge in [-0.25, -0.2) is 0 Å². The van der Waals surface area contributed by atoms with E-state index in [1.165, 1.54) is 25.7 Å². The molecule has 1 heteroatoms. The lowest BCUT2D eigenvalue weighted by Gasteiger charge is -1.83. The SMILES string of the molecule is NCC1C2(CC2)C12CC2. The molecule has 0 aromatic rings. The maximum Gasteiger partial charge on any atom is -0.00378 e. The van der Waals surface area contributed by atoms with Gasteiger partial charge in [-0.05, 0) is 49.0 Å². The number of hydrogen-bond donors (Lipinski definition) is 1. The first kappa shape index (κ1) is 4.73. The van der Waals surface area contributed by atoms with Crippen LogP contribution in [0.5, 0.6) is 0 Å². The quantitative estimate of drug-likeness (QED) is 0.556.